The van der Waals surface area contributed by atoms with Gasteiger partial charge in [-0.15, -0.1) is 0 Å². The summed E-state index contributed by atoms with van der Waals surface area (Å²) in [6.07, 6.45) is 4.45. The number of aromatic amines is 1. The van der Waals surface area contributed by atoms with Crippen molar-refractivity contribution in [3.05, 3.63) is 60.8 Å². The number of benzene rings is 3. The van der Waals surface area contributed by atoms with Gasteiger partial charge >= 0.3 is 0 Å². The second kappa shape index (κ2) is 12.4. The molecule has 3 heterocycles. The van der Waals surface area contributed by atoms with E-state index in [1.165, 1.54) is 0 Å². The maximum absolute atomic E-state index is 12.2. The number of carbonyl (C=O) groups is 2. The molecule has 11 nitrogen and oxygen atoms in total. The second-order valence-corrected chi connectivity index (χ2v) is 10.4. The van der Waals surface area contributed by atoms with E-state index in [2.05, 4.69) is 20.8 Å². The largest absolute Gasteiger partial charge is 0.493 e. The van der Waals surface area contributed by atoms with E-state index in [0.717, 1.165) is 46.9 Å². The second-order valence-electron chi connectivity index (χ2n) is 10.4. The fourth-order valence-electron chi connectivity index (χ4n) is 5.18. The quantitative estimate of drug-likeness (QED) is 0.182. The van der Waals surface area contributed by atoms with Crippen LogP contribution < -0.4 is 20.1 Å². The summed E-state index contributed by atoms with van der Waals surface area (Å²) in [6, 6.07) is 17.1. The molecule has 0 saturated carbocycles. The molecule has 1 fully saturated rings. The summed E-state index contributed by atoms with van der Waals surface area (Å²) >= 11 is 0. The van der Waals surface area contributed by atoms with Crippen molar-refractivity contribution in [2.45, 2.75) is 32.6 Å². The van der Waals surface area contributed by atoms with Gasteiger partial charge in [-0.05, 0) is 49.2 Å². The van der Waals surface area contributed by atoms with Gasteiger partial charge in [0, 0.05) is 53.2 Å². The van der Waals surface area contributed by atoms with E-state index < -0.39 is 0 Å². The molecular formula is C32H33N7O4. The highest BCUT2D eigenvalue weighted by Gasteiger charge is 2.20. The van der Waals surface area contributed by atoms with Gasteiger partial charge in [-0.3, -0.25) is 14.7 Å². The number of nitrogens with one attached hydrogen (secondary N) is 3. The van der Waals surface area contributed by atoms with Crippen LogP contribution in [0.5, 0.6) is 11.5 Å². The predicted molar refractivity (Wildman–Crippen MR) is 166 cm³/mol. The molecule has 0 atom stereocenters. The first-order valence-electron chi connectivity index (χ1n) is 14.4. The molecule has 1 aliphatic rings. The van der Waals surface area contributed by atoms with Crippen LogP contribution in [0.4, 0.5) is 17.2 Å². The van der Waals surface area contributed by atoms with Gasteiger partial charge < -0.3 is 25.0 Å². The third-order valence-electron chi connectivity index (χ3n) is 7.36. The molecule has 220 valence electrons. The first-order chi connectivity index (χ1) is 21.0. The molecule has 6 rings (SSSR count). The number of fused-ring (bicyclic) bond motifs is 2. The minimum absolute atomic E-state index is 0.0394. The Morgan fingerprint density at radius 3 is 2.79 bits per heavy atom. The van der Waals surface area contributed by atoms with E-state index in [0.29, 0.717) is 60.3 Å². The highest BCUT2D eigenvalue weighted by molar-refractivity contribution is 5.96. The number of nitrogens with zero attached hydrogens (tertiary/aromatic N) is 4. The van der Waals surface area contributed by atoms with Crippen LogP contribution in [-0.4, -0.2) is 63.7 Å². The van der Waals surface area contributed by atoms with Crippen molar-refractivity contribution in [2.24, 2.45) is 0 Å². The summed E-state index contributed by atoms with van der Waals surface area (Å²) in [7, 11) is 1.59. The van der Waals surface area contributed by atoms with Crippen LogP contribution in [0.25, 0.3) is 33.2 Å². The maximum Gasteiger partial charge on any atom is 0.224 e. The van der Waals surface area contributed by atoms with E-state index in [9.17, 15) is 9.59 Å². The zero-order valence-electron chi connectivity index (χ0n) is 24.1. The molecule has 3 aromatic carbocycles. The van der Waals surface area contributed by atoms with Gasteiger partial charge in [0.1, 0.15) is 12.4 Å². The topological polar surface area (TPSA) is 134 Å². The van der Waals surface area contributed by atoms with Crippen LogP contribution in [0.15, 0.2) is 60.8 Å². The molecule has 43 heavy (non-hydrogen) atoms. The van der Waals surface area contributed by atoms with Crippen molar-refractivity contribution in [2.75, 3.05) is 37.4 Å². The van der Waals surface area contributed by atoms with Crippen LogP contribution in [-0.2, 0) is 9.59 Å². The Balaban J connectivity index is 1.38. The number of amides is 2. The molecule has 0 spiro atoms. The zero-order chi connectivity index (χ0) is 29.8. The Morgan fingerprint density at radius 2 is 1.98 bits per heavy atom. The number of likely N-dealkylation sites (tertiary alicyclic amines) is 1. The van der Waals surface area contributed by atoms with Crippen LogP contribution in [0.1, 0.15) is 32.6 Å². The van der Waals surface area contributed by atoms with Crippen LogP contribution in [0, 0.1) is 0 Å². The van der Waals surface area contributed by atoms with Crippen molar-refractivity contribution in [1.82, 2.24) is 25.1 Å². The van der Waals surface area contributed by atoms with E-state index in [1.807, 2.05) is 66.4 Å². The lowest BCUT2D eigenvalue weighted by Crippen LogP contribution is -2.29. The monoisotopic (exact) mass is 579 g/mol. The molecule has 0 radical (unpaired) electrons. The normalized spacial score (nSPS) is 13.1. The Hall–Kier alpha value is -5.19. The number of rotatable bonds is 11. The third kappa shape index (κ3) is 6.20. The number of hydrogen-bond acceptors (Lipinski definition) is 8. The number of H-pyrrole nitrogens is 1. The molecule has 11 heteroatoms. The first-order valence-corrected chi connectivity index (χ1v) is 14.4. The molecule has 2 aromatic heterocycles. The van der Waals surface area contributed by atoms with E-state index >= 15 is 0 Å². The number of hydrogen-bond donors (Lipinski definition) is 3. The van der Waals surface area contributed by atoms with Gasteiger partial charge in [0.25, 0.3) is 0 Å². The smallest absolute Gasteiger partial charge is 0.224 e. The average molecular weight is 580 g/mol. The van der Waals surface area contributed by atoms with Crippen molar-refractivity contribution >= 4 is 50.8 Å². The minimum atomic E-state index is -0.0394. The lowest BCUT2D eigenvalue weighted by molar-refractivity contribution is -0.128. The Bertz CT molecular complexity index is 1800. The molecule has 5 aromatic rings. The summed E-state index contributed by atoms with van der Waals surface area (Å²) in [5.41, 5.74) is 3.83. The van der Waals surface area contributed by atoms with Gasteiger partial charge in [-0.2, -0.15) is 5.10 Å². The number of ether oxygens (including phenoxy) is 2. The molecule has 1 aliphatic heterocycles. The van der Waals surface area contributed by atoms with Crippen LogP contribution in [0.2, 0.25) is 0 Å². The summed E-state index contributed by atoms with van der Waals surface area (Å²) in [6.45, 7) is 3.57. The maximum atomic E-state index is 12.2. The number of carbonyl (C=O) groups excluding carboxylic acids is 2. The fraction of sp³-hybridized carbons (Fsp3) is 0.281. The SMILES string of the molecule is CCCC(=O)Nc1cccc(-c2nc(Nc3ccc4[nH]ncc4c3)c3cc(OCCN4CCCC4=O)c(OC)cc3n2)c1. The summed E-state index contributed by atoms with van der Waals surface area (Å²) in [5.74, 6) is 2.23. The highest BCUT2D eigenvalue weighted by Crippen LogP contribution is 2.37. The molecule has 0 bridgehead atoms. The molecule has 0 aliphatic carbocycles. The average Bonchev–Trinajstić information content (AvgIpc) is 3.65. The number of aromatic nitrogens is 4. The van der Waals surface area contributed by atoms with Crippen LogP contribution >= 0.6 is 0 Å². The predicted octanol–water partition coefficient (Wildman–Crippen LogP) is 5.67. The van der Waals surface area contributed by atoms with Gasteiger partial charge in [0.15, 0.2) is 17.3 Å². The highest BCUT2D eigenvalue weighted by atomic mass is 16.5. The van der Waals surface area contributed by atoms with Crippen molar-refractivity contribution in [3.63, 3.8) is 0 Å². The molecule has 0 unspecified atom stereocenters. The number of methoxy groups -OCH3 is 1. The summed E-state index contributed by atoms with van der Waals surface area (Å²) in [4.78, 5) is 35.9. The van der Waals surface area contributed by atoms with Gasteiger partial charge in [0.2, 0.25) is 11.8 Å². The molecule has 3 N–H and O–H groups in total. The summed E-state index contributed by atoms with van der Waals surface area (Å²) in [5, 5.41) is 15.2. The molecule has 1 saturated heterocycles. The lowest BCUT2D eigenvalue weighted by atomic mass is 10.1. The van der Waals surface area contributed by atoms with Crippen molar-refractivity contribution in [1.29, 1.82) is 0 Å². The van der Waals surface area contributed by atoms with Gasteiger partial charge in [0.05, 0.1) is 30.9 Å². The van der Waals surface area contributed by atoms with E-state index in [4.69, 9.17) is 19.4 Å². The molecule has 2 amide bonds. The third-order valence-corrected chi connectivity index (χ3v) is 7.36. The minimum Gasteiger partial charge on any atom is -0.493 e. The van der Waals surface area contributed by atoms with Gasteiger partial charge in [-0.1, -0.05) is 19.1 Å². The Labute approximate surface area is 248 Å². The first kappa shape index (κ1) is 28.0. The molecular weight excluding hydrogens is 546 g/mol. The van der Waals surface area contributed by atoms with Crippen LogP contribution in [0.3, 0.4) is 0 Å². The summed E-state index contributed by atoms with van der Waals surface area (Å²) < 4.78 is 11.8. The standard InChI is InChI=1S/C32H33N7O4/c1-3-6-29(40)34-22-8-4-7-20(15-22)31-36-26-18-27(42-2)28(43-14-13-39-12-5-9-30(39)41)17-24(26)32(37-31)35-23-10-11-25-21(16-23)19-33-38-25/h4,7-8,10-11,15-19H,3,5-6,9,12-14H2,1-2H3,(H,33,38)(H,34,40)(H,35,36,37). The van der Waals surface area contributed by atoms with E-state index in [1.54, 1.807) is 13.3 Å². The number of anilines is 3. The fourth-order valence-corrected chi connectivity index (χ4v) is 5.18. The van der Waals surface area contributed by atoms with Gasteiger partial charge in [-0.25, -0.2) is 9.97 Å². The Morgan fingerprint density at radius 1 is 1.07 bits per heavy atom. The van der Waals surface area contributed by atoms with Crippen molar-refractivity contribution in [3.8, 4) is 22.9 Å². The van der Waals surface area contributed by atoms with E-state index in [-0.39, 0.29) is 11.8 Å². The Kier molecular flexibility index (Phi) is 8.03. The van der Waals surface area contributed by atoms with Crippen molar-refractivity contribution < 1.29 is 19.1 Å². The lowest BCUT2D eigenvalue weighted by Gasteiger charge is -2.18. The zero-order valence-corrected chi connectivity index (χ0v) is 24.1.